The van der Waals surface area contributed by atoms with E-state index in [0.29, 0.717) is 11.4 Å². The molecule has 0 fully saturated rings. The fraction of sp³-hybridized carbons (Fsp3) is 0.227. The average molecular weight is 378 g/mol. The van der Waals surface area contributed by atoms with Gasteiger partial charge in [0.05, 0.1) is 0 Å². The van der Waals surface area contributed by atoms with Crippen LogP contribution < -0.4 is 16.4 Å². The molecule has 0 bridgehead atoms. The number of carbonyl (C=O) groups excluding carboxylic acids is 1. The van der Waals surface area contributed by atoms with Gasteiger partial charge in [-0.1, -0.05) is 31.6 Å². The van der Waals surface area contributed by atoms with Crippen molar-refractivity contribution in [2.75, 3.05) is 11.1 Å². The van der Waals surface area contributed by atoms with Gasteiger partial charge in [0.2, 0.25) is 0 Å². The van der Waals surface area contributed by atoms with Crippen molar-refractivity contribution < 1.29 is 9.53 Å². The predicted octanol–water partition coefficient (Wildman–Crippen LogP) is 4.40. The Hall–Kier alpha value is -3.41. The van der Waals surface area contributed by atoms with Crippen LogP contribution in [0.1, 0.15) is 42.7 Å². The van der Waals surface area contributed by atoms with Crippen LogP contribution in [0.4, 0.5) is 11.4 Å². The largest absolute Gasteiger partial charge is 0.473 e. The lowest BCUT2D eigenvalue weighted by atomic mass is 9.99. The van der Waals surface area contributed by atoms with Crippen molar-refractivity contribution in [1.29, 1.82) is 0 Å². The van der Waals surface area contributed by atoms with Gasteiger partial charge in [-0.05, 0) is 54.3 Å². The van der Waals surface area contributed by atoms with Crippen molar-refractivity contribution in [3.05, 3.63) is 78.0 Å². The summed E-state index contributed by atoms with van der Waals surface area (Å²) in [6.45, 7) is 4.17. The maximum absolute atomic E-state index is 12.2. The summed E-state index contributed by atoms with van der Waals surface area (Å²) in [4.78, 5) is 15.1. The van der Waals surface area contributed by atoms with Gasteiger partial charge >= 0.3 is 0 Å². The van der Waals surface area contributed by atoms with Gasteiger partial charge < -0.3 is 26.1 Å². The molecular weight excluding hydrogens is 352 g/mol. The molecule has 1 amide bonds. The first-order valence-corrected chi connectivity index (χ1v) is 9.39. The van der Waals surface area contributed by atoms with Gasteiger partial charge in [-0.15, -0.1) is 0 Å². The Morgan fingerprint density at radius 2 is 2.11 bits per heavy atom. The SMILES string of the molecule is C/C=C(\C=C(/CCC)C1NC=CO1)c1ccc(NC(=O)c2cc(N)c[nH]2)cc1. The predicted molar refractivity (Wildman–Crippen MR) is 113 cm³/mol. The number of aromatic amines is 1. The fourth-order valence-corrected chi connectivity index (χ4v) is 3.07. The van der Waals surface area contributed by atoms with E-state index < -0.39 is 0 Å². The number of benzene rings is 1. The van der Waals surface area contributed by atoms with Crippen LogP contribution in [0.5, 0.6) is 0 Å². The Balaban J connectivity index is 1.73. The van der Waals surface area contributed by atoms with Gasteiger partial charge in [0, 0.05) is 23.8 Å². The molecule has 2 aromatic rings. The summed E-state index contributed by atoms with van der Waals surface area (Å²) < 4.78 is 5.61. The molecule has 0 spiro atoms. The van der Waals surface area contributed by atoms with E-state index in [1.54, 1.807) is 18.5 Å². The second-order valence-corrected chi connectivity index (χ2v) is 6.58. The van der Waals surface area contributed by atoms with Crippen molar-refractivity contribution >= 4 is 22.9 Å². The third-order valence-corrected chi connectivity index (χ3v) is 4.48. The van der Waals surface area contributed by atoms with Crippen molar-refractivity contribution in [3.8, 4) is 0 Å². The highest BCUT2D eigenvalue weighted by atomic mass is 16.5. The second-order valence-electron chi connectivity index (χ2n) is 6.58. The van der Waals surface area contributed by atoms with E-state index in [1.165, 1.54) is 5.57 Å². The second kappa shape index (κ2) is 8.99. The van der Waals surface area contributed by atoms with Crippen LogP contribution in [-0.2, 0) is 4.74 Å². The van der Waals surface area contributed by atoms with Gasteiger partial charge in [-0.2, -0.15) is 0 Å². The molecule has 6 nitrogen and oxygen atoms in total. The topological polar surface area (TPSA) is 92.2 Å². The smallest absolute Gasteiger partial charge is 0.272 e. The number of nitrogens with two attached hydrogens (primary N) is 1. The van der Waals surface area contributed by atoms with E-state index in [0.717, 1.165) is 29.7 Å². The summed E-state index contributed by atoms with van der Waals surface area (Å²) >= 11 is 0. The van der Waals surface area contributed by atoms with Gasteiger partial charge in [0.25, 0.3) is 5.91 Å². The number of hydrogen-bond donors (Lipinski definition) is 4. The van der Waals surface area contributed by atoms with E-state index in [1.807, 2.05) is 37.4 Å². The van der Waals surface area contributed by atoms with Gasteiger partial charge in [-0.3, -0.25) is 4.79 Å². The molecule has 6 heteroatoms. The number of nitrogens with one attached hydrogen (secondary N) is 3. The lowest BCUT2D eigenvalue weighted by molar-refractivity contribution is 0.102. The van der Waals surface area contributed by atoms with Crippen molar-refractivity contribution in [3.63, 3.8) is 0 Å². The minimum Gasteiger partial charge on any atom is -0.473 e. The normalized spacial score (nSPS) is 16.6. The first-order valence-electron chi connectivity index (χ1n) is 9.39. The Kier molecular flexibility index (Phi) is 6.22. The fourth-order valence-electron chi connectivity index (χ4n) is 3.07. The van der Waals surface area contributed by atoms with Crippen molar-refractivity contribution in [1.82, 2.24) is 10.3 Å². The number of rotatable bonds is 7. The minimum absolute atomic E-state index is 0.110. The molecule has 5 N–H and O–H groups in total. The Morgan fingerprint density at radius 1 is 1.32 bits per heavy atom. The third-order valence-electron chi connectivity index (χ3n) is 4.48. The zero-order valence-corrected chi connectivity index (χ0v) is 16.2. The van der Waals surface area contributed by atoms with Gasteiger partial charge in [0.15, 0.2) is 6.23 Å². The molecular formula is C22H26N4O2. The van der Waals surface area contributed by atoms with Crippen LogP contribution in [0.3, 0.4) is 0 Å². The Morgan fingerprint density at radius 3 is 2.68 bits per heavy atom. The Labute approximate surface area is 165 Å². The molecule has 1 unspecified atom stereocenters. The van der Waals surface area contributed by atoms with E-state index in [-0.39, 0.29) is 12.1 Å². The minimum atomic E-state index is -0.224. The molecule has 3 rings (SSSR count). The number of aromatic nitrogens is 1. The molecule has 2 heterocycles. The zero-order chi connectivity index (χ0) is 19.9. The third kappa shape index (κ3) is 4.65. The highest BCUT2D eigenvalue weighted by Gasteiger charge is 2.16. The molecule has 1 aromatic heterocycles. The molecule has 0 radical (unpaired) electrons. The van der Waals surface area contributed by atoms with Gasteiger partial charge in [-0.25, -0.2) is 0 Å². The molecule has 1 aromatic carbocycles. The number of hydrogen-bond acceptors (Lipinski definition) is 4. The standard InChI is InChI=1S/C22H26N4O2/c1-3-5-17(22-24-10-11-28-22)12-15(4-2)16-6-8-19(9-7-16)26-21(27)20-13-18(23)14-25-20/h4,6-14,22,24-25H,3,5,23H2,1-2H3,(H,26,27)/b15-4+,17-12+. The molecule has 28 heavy (non-hydrogen) atoms. The van der Waals surface area contributed by atoms with Crippen LogP contribution in [0.2, 0.25) is 0 Å². The summed E-state index contributed by atoms with van der Waals surface area (Å²) in [7, 11) is 0. The van der Waals surface area contributed by atoms with Gasteiger partial charge in [0.1, 0.15) is 12.0 Å². The lowest BCUT2D eigenvalue weighted by Crippen LogP contribution is -2.23. The number of carbonyl (C=O) groups is 1. The summed E-state index contributed by atoms with van der Waals surface area (Å²) in [5.74, 6) is -0.224. The number of anilines is 2. The van der Waals surface area contributed by atoms with Crippen molar-refractivity contribution in [2.45, 2.75) is 32.9 Å². The number of H-pyrrole nitrogens is 1. The molecule has 0 saturated carbocycles. The van der Waals surface area contributed by atoms with Crippen LogP contribution in [0.25, 0.3) is 5.57 Å². The van der Waals surface area contributed by atoms with E-state index in [4.69, 9.17) is 10.5 Å². The van der Waals surface area contributed by atoms with E-state index in [2.05, 4.69) is 34.7 Å². The molecule has 0 saturated heterocycles. The summed E-state index contributed by atoms with van der Waals surface area (Å²) in [5.41, 5.74) is 10.7. The van der Waals surface area contributed by atoms with E-state index >= 15 is 0 Å². The first kappa shape index (κ1) is 19.4. The zero-order valence-electron chi connectivity index (χ0n) is 16.2. The number of nitrogen functional groups attached to an aromatic ring is 1. The lowest BCUT2D eigenvalue weighted by Gasteiger charge is -2.16. The van der Waals surface area contributed by atoms with Crippen molar-refractivity contribution in [2.24, 2.45) is 0 Å². The Bertz CT molecular complexity index is 899. The highest BCUT2D eigenvalue weighted by molar-refractivity contribution is 6.03. The quantitative estimate of drug-likeness (QED) is 0.538. The van der Waals surface area contributed by atoms with Crippen LogP contribution >= 0.6 is 0 Å². The molecule has 146 valence electrons. The number of allylic oxidation sites excluding steroid dienone is 3. The van der Waals surface area contributed by atoms with Crippen LogP contribution in [-0.4, -0.2) is 17.1 Å². The summed E-state index contributed by atoms with van der Waals surface area (Å²) in [6.07, 6.45) is 11.2. The first-order chi connectivity index (χ1) is 13.6. The van der Waals surface area contributed by atoms with E-state index in [9.17, 15) is 4.79 Å². The summed E-state index contributed by atoms with van der Waals surface area (Å²) in [5, 5.41) is 6.08. The molecule has 0 aliphatic carbocycles. The highest BCUT2D eigenvalue weighted by Crippen LogP contribution is 2.24. The molecule has 1 atom stereocenters. The maximum Gasteiger partial charge on any atom is 0.272 e. The molecule has 1 aliphatic heterocycles. The average Bonchev–Trinajstić information content (AvgIpc) is 3.38. The van der Waals surface area contributed by atoms with Crippen LogP contribution in [0, 0.1) is 0 Å². The number of ether oxygens (including phenoxy) is 1. The summed E-state index contributed by atoms with van der Waals surface area (Å²) in [6, 6.07) is 9.38. The number of amides is 1. The monoisotopic (exact) mass is 378 g/mol. The van der Waals surface area contributed by atoms with Crippen LogP contribution in [0.15, 0.2) is 66.7 Å². The molecule has 1 aliphatic rings. The maximum atomic E-state index is 12.2.